The largest absolute Gasteiger partial charge is 0.235 e. The summed E-state index contributed by atoms with van der Waals surface area (Å²) in [6.45, 7) is 1.71. The number of benzene rings is 1. The predicted octanol–water partition coefficient (Wildman–Crippen LogP) is 2.46. The Kier molecular flexibility index (Phi) is 1.97. The molecule has 2 rings (SSSR count). The van der Waals surface area contributed by atoms with Crippen molar-refractivity contribution in [2.75, 3.05) is 0 Å². The Labute approximate surface area is 81.5 Å². The number of hydrogen-bond acceptors (Lipinski definition) is 2. The summed E-state index contributed by atoms with van der Waals surface area (Å²) in [6, 6.07) is 5.00. The van der Waals surface area contributed by atoms with Gasteiger partial charge in [0.15, 0.2) is 0 Å². The van der Waals surface area contributed by atoms with Crippen molar-refractivity contribution in [2.24, 2.45) is 4.99 Å². The second-order valence-electron chi connectivity index (χ2n) is 3.70. The van der Waals surface area contributed by atoms with Gasteiger partial charge >= 0.3 is 0 Å². The Balaban J connectivity index is 2.42. The summed E-state index contributed by atoms with van der Waals surface area (Å²) in [4.78, 5) is 13.9. The van der Waals surface area contributed by atoms with Crippen LogP contribution in [0.15, 0.2) is 23.2 Å². The van der Waals surface area contributed by atoms with Crippen LogP contribution in [-0.2, 0) is 10.3 Å². The van der Waals surface area contributed by atoms with Crippen molar-refractivity contribution in [3.63, 3.8) is 0 Å². The van der Waals surface area contributed by atoms with Crippen molar-refractivity contribution in [3.05, 3.63) is 35.1 Å². The first-order chi connectivity index (χ1) is 6.68. The fourth-order valence-electron chi connectivity index (χ4n) is 1.55. The van der Waals surface area contributed by atoms with Gasteiger partial charge < -0.3 is 0 Å². The smallest absolute Gasteiger partial charge is 0.211 e. The zero-order chi connectivity index (χ0) is 10.2. The fourth-order valence-corrected chi connectivity index (χ4v) is 1.55. The van der Waals surface area contributed by atoms with Crippen molar-refractivity contribution in [3.8, 4) is 0 Å². The molecule has 1 aromatic carbocycles. The van der Waals surface area contributed by atoms with E-state index < -0.39 is 5.54 Å². The van der Waals surface area contributed by atoms with Crippen LogP contribution in [0.2, 0.25) is 0 Å². The molecule has 0 atom stereocenters. The highest BCUT2D eigenvalue weighted by molar-refractivity contribution is 5.42. The van der Waals surface area contributed by atoms with Crippen LogP contribution in [0, 0.1) is 12.7 Å². The molecule has 1 aliphatic rings. The molecule has 0 aliphatic heterocycles. The first-order valence-corrected chi connectivity index (χ1v) is 4.54. The van der Waals surface area contributed by atoms with E-state index in [0.717, 1.165) is 18.4 Å². The normalized spacial score (nSPS) is 17.3. The van der Waals surface area contributed by atoms with Crippen molar-refractivity contribution in [1.82, 2.24) is 0 Å². The summed E-state index contributed by atoms with van der Waals surface area (Å²) in [5, 5.41) is 0. The van der Waals surface area contributed by atoms with E-state index in [0.29, 0.717) is 5.56 Å². The van der Waals surface area contributed by atoms with Gasteiger partial charge in [-0.25, -0.2) is 9.18 Å². The Morgan fingerprint density at radius 1 is 1.50 bits per heavy atom. The van der Waals surface area contributed by atoms with E-state index in [1.807, 2.05) is 6.07 Å². The summed E-state index contributed by atoms with van der Waals surface area (Å²) in [5.41, 5.74) is 0.930. The molecule has 1 fully saturated rings. The van der Waals surface area contributed by atoms with Crippen LogP contribution in [0.3, 0.4) is 0 Å². The van der Waals surface area contributed by atoms with Gasteiger partial charge in [0, 0.05) is 0 Å². The highest BCUT2D eigenvalue weighted by Gasteiger charge is 2.44. The van der Waals surface area contributed by atoms with Crippen LogP contribution in [0.4, 0.5) is 4.39 Å². The Morgan fingerprint density at radius 3 is 2.71 bits per heavy atom. The van der Waals surface area contributed by atoms with Gasteiger partial charge in [0.05, 0.1) is 5.54 Å². The van der Waals surface area contributed by atoms with Crippen molar-refractivity contribution in [2.45, 2.75) is 25.3 Å². The highest BCUT2D eigenvalue weighted by Crippen LogP contribution is 2.49. The minimum absolute atomic E-state index is 0.241. The van der Waals surface area contributed by atoms with Gasteiger partial charge in [0.1, 0.15) is 5.82 Å². The molecule has 0 bridgehead atoms. The van der Waals surface area contributed by atoms with E-state index in [2.05, 4.69) is 4.99 Å². The number of aryl methyl sites for hydroxylation is 1. The third-order valence-electron chi connectivity index (χ3n) is 2.69. The zero-order valence-electron chi connectivity index (χ0n) is 7.88. The molecule has 1 aliphatic carbocycles. The Bertz CT molecular complexity index is 417. The summed E-state index contributed by atoms with van der Waals surface area (Å²) in [5.74, 6) is -0.241. The summed E-state index contributed by atoms with van der Waals surface area (Å²) < 4.78 is 13.2. The zero-order valence-corrected chi connectivity index (χ0v) is 7.88. The highest BCUT2D eigenvalue weighted by atomic mass is 19.1. The molecule has 0 radical (unpaired) electrons. The number of carbonyl (C=O) groups excluding carboxylic acids is 1. The van der Waals surface area contributed by atoms with E-state index in [9.17, 15) is 9.18 Å². The number of isocyanates is 1. The Hall–Kier alpha value is -1.47. The van der Waals surface area contributed by atoms with E-state index in [1.54, 1.807) is 19.1 Å². The number of nitrogens with zero attached hydrogens (tertiary/aromatic N) is 1. The Morgan fingerprint density at radius 2 is 2.21 bits per heavy atom. The first kappa shape index (κ1) is 9.10. The minimum atomic E-state index is -0.462. The fraction of sp³-hybridized carbons (Fsp3) is 0.364. The lowest BCUT2D eigenvalue weighted by molar-refractivity contribution is 0.555. The first-order valence-electron chi connectivity index (χ1n) is 4.54. The lowest BCUT2D eigenvalue weighted by Gasteiger charge is -2.08. The summed E-state index contributed by atoms with van der Waals surface area (Å²) in [7, 11) is 0. The second kappa shape index (κ2) is 3.03. The molecule has 0 spiro atoms. The average Bonchev–Trinajstić information content (AvgIpc) is 2.91. The van der Waals surface area contributed by atoms with Gasteiger partial charge in [0.2, 0.25) is 6.08 Å². The van der Waals surface area contributed by atoms with Gasteiger partial charge in [-0.1, -0.05) is 12.1 Å². The van der Waals surface area contributed by atoms with Gasteiger partial charge in [0.25, 0.3) is 0 Å². The van der Waals surface area contributed by atoms with Gasteiger partial charge in [-0.05, 0) is 37.0 Å². The van der Waals surface area contributed by atoms with Crippen molar-refractivity contribution < 1.29 is 9.18 Å². The molecule has 0 heterocycles. The lowest BCUT2D eigenvalue weighted by Crippen LogP contribution is -2.03. The van der Waals surface area contributed by atoms with Crippen LogP contribution in [0.25, 0.3) is 0 Å². The molecule has 72 valence electrons. The number of halogens is 1. The van der Waals surface area contributed by atoms with Gasteiger partial charge in [-0.3, -0.25) is 0 Å². The molecule has 1 aromatic rings. The molecule has 2 nitrogen and oxygen atoms in total. The second-order valence-corrected chi connectivity index (χ2v) is 3.70. The van der Waals surface area contributed by atoms with Crippen LogP contribution >= 0.6 is 0 Å². The van der Waals surface area contributed by atoms with E-state index in [4.69, 9.17) is 0 Å². The van der Waals surface area contributed by atoms with Crippen LogP contribution < -0.4 is 0 Å². The molecule has 3 heteroatoms. The molecule has 0 unspecified atom stereocenters. The monoisotopic (exact) mass is 191 g/mol. The van der Waals surface area contributed by atoms with Crippen LogP contribution in [-0.4, -0.2) is 6.08 Å². The standard InChI is InChI=1S/C11H10FNO/c1-8-2-3-9(6-10(8)12)11(4-5-11)13-7-14/h2-3,6H,4-5H2,1H3. The van der Waals surface area contributed by atoms with Crippen LogP contribution in [0.5, 0.6) is 0 Å². The number of rotatable bonds is 2. The molecular formula is C11H10FNO. The number of aliphatic imine (C=N–C) groups is 1. The molecule has 0 N–H and O–H groups in total. The predicted molar refractivity (Wildman–Crippen MR) is 50.2 cm³/mol. The quantitative estimate of drug-likeness (QED) is 0.521. The number of hydrogen-bond donors (Lipinski definition) is 0. The van der Waals surface area contributed by atoms with Gasteiger partial charge in [-0.2, -0.15) is 4.99 Å². The maximum Gasteiger partial charge on any atom is 0.235 e. The third-order valence-corrected chi connectivity index (χ3v) is 2.69. The maximum atomic E-state index is 13.2. The van der Waals surface area contributed by atoms with Crippen molar-refractivity contribution >= 4 is 6.08 Å². The molecule has 0 saturated heterocycles. The van der Waals surface area contributed by atoms with Crippen molar-refractivity contribution in [1.29, 1.82) is 0 Å². The molecule has 14 heavy (non-hydrogen) atoms. The minimum Gasteiger partial charge on any atom is -0.211 e. The van der Waals surface area contributed by atoms with E-state index >= 15 is 0 Å². The molecular weight excluding hydrogens is 181 g/mol. The molecule has 1 saturated carbocycles. The SMILES string of the molecule is Cc1ccc(C2(N=C=O)CC2)cc1F. The third kappa shape index (κ3) is 1.36. The summed E-state index contributed by atoms with van der Waals surface area (Å²) in [6.07, 6.45) is 3.18. The molecule has 0 aromatic heterocycles. The average molecular weight is 191 g/mol. The van der Waals surface area contributed by atoms with E-state index in [1.165, 1.54) is 6.07 Å². The van der Waals surface area contributed by atoms with E-state index in [-0.39, 0.29) is 5.82 Å². The topological polar surface area (TPSA) is 29.4 Å². The van der Waals surface area contributed by atoms with Gasteiger partial charge in [-0.15, -0.1) is 0 Å². The van der Waals surface area contributed by atoms with Crippen LogP contribution in [0.1, 0.15) is 24.0 Å². The summed E-state index contributed by atoms with van der Waals surface area (Å²) >= 11 is 0. The molecule has 0 amide bonds. The maximum absolute atomic E-state index is 13.2. The lowest BCUT2D eigenvalue weighted by atomic mass is 10.0.